The minimum absolute atomic E-state index is 0.0869. The molecule has 146 valence electrons. The maximum Gasteiger partial charge on any atom is 0.238 e. The molecule has 0 radical (unpaired) electrons. The first-order chi connectivity index (χ1) is 13.2. The largest absolute Gasteiger partial charge is 0.497 e. The predicted molar refractivity (Wildman–Crippen MR) is 107 cm³/mol. The summed E-state index contributed by atoms with van der Waals surface area (Å²) in [5, 5.41) is 5.00. The molecule has 27 heavy (non-hydrogen) atoms. The van der Waals surface area contributed by atoms with E-state index in [9.17, 15) is 4.79 Å². The van der Waals surface area contributed by atoms with Crippen molar-refractivity contribution in [1.82, 2.24) is 4.90 Å². The van der Waals surface area contributed by atoms with E-state index in [-0.39, 0.29) is 18.6 Å². The van der Waals surface area contributed by atoms with Crippen LogP contribution in [-0.4, -0.2) is 50.8 Å². The minimum Gasteiger partial charge on any atom is -0.497 e. The van der Waals surface area contributed by atoms with Gasteiger partial charge in [-0.05, 0) is 36.4 Å². The average molecular weight is 391 g/mol. The molecule has 0 spiro atoms. The summed E-state index contributed by atoms with van der Waals surface area (Å²) in [6, 6.07) is 9.47. The molecule has 1 aromatic heterocycles. The Balaban J connectivity index is 1.66. The summed E-state index contributed by atoms with van der Waals surface area (Å²) >= 11 is 1.70. The van der Waals surface area contributed by atoms with Gasteiger partial charge in [0.25, 0.3) is 0 Å². The van der Waals surface area contributed by atoms with E-state index in [1.165, 1.54) is 4.88 Å². The predicted octanol–water partition coefficient (Wildman–Crippen LogP) is 3.39. The SMILES string of the molecule is COc1ccc(OC)c(NC(=O)CN(Cc2cccs2)C[C@@H]2CCCO2)c1. The van der Waals surface area contributed by atoms with E-state index in [4.69, 9.17) is 14.2 Å². The van der Waals surface area contributed by atoms with Crippen molar-refractivity contribution in [3.05, 3.63) is 40.6 Å². The number of hydrogen-bond donors (Lipinski definition) is 1. The first kappa shape index (κ1) is 19.7. The van der Waals surface area contributed by atoms with Crippen molar-refractivity contribution in [2.75, 3.05) is 39.2 Å². The monoisotopic (exact) mass is 390 g/mol. The Morgan fingerprint density at radius 1 is 1.33 bits per heavy atom. The number of nitrogens with one attached hydrogen (secondary N) is 1. The lowest BCUT2D eigenvalue weighted by atomic mass is 10.2. The Bertz CT molecular complexity index is 730. The zero-order valence-electron chi connectivity index (χ0n) is 15.8. The third-order valence-electron chi connectivity index (χ3n) is 4.49. The summed E-state index contributed by atoms with van der Waals surface area (Å²) in [5.41, 5.74) is 0.607. The van der Waals surface area contributed by atoms with Gasteiger partial charge >= 0.3 is 0 Å². The van der Waals surface area contributed by atoms with E-state index in [0.717, 1.165) is 32.5 Å². The van der Waals surface area contributed by atoms with Gasteiger partial charge in [0.05, 0.1) is 32.6 Å². The van der Waals surface area contributed by atoms with Crippen LogP contribution < -0.4 is 14.8 Å². The molecular formula is C20H26N2O4S. The third-order valence-corrected chi connectivity index (χ3v) is 5.35. The first-order valence-electron chi connectivity index (χ1n) is 9.06. The molecule has 1 amide bonds. The molecule has 0 unspecified atom stereocenters. The Morgan fingerprint density at radius 3 is 2.89 bits per heavy atom. The van der Waals surface area contributed by atoms with Gasteiger partial charge in [0.1, 0.15) is 11.5 Å². The highest BCUT2D eigenvalue weighted by atomic mass is 32.1. The first-order valence-corrected chi connectivity index (χ1v) is 9.94. The second kappa shape index (κ2) is 9.73. The quantitative estimate of drug-likeness (QED) is 0.711. The second-order valence-corrected chi connectivity index (χ2v) is 7.53. The van der Waals surface area contributed by atoms with Crippen LogP contribution in [0.25, 0.3) is 0 Å². The van der Waals surface area contributed by atoms with Crippen molar-refractivity contribution in [2.45, 2.75) is 25.5 Å². The molecule has 2 heterocycles. The normalized spacial score (nSPS) is 16.5. The molecule has 0 aliphatic carbocycles. The van der Waals surface area contributed by atoms with Crippen LogP contribution in [0.4, 0.5) is 5.69 Å². The summed E-state index contributed by atoms with van der Waals surface area (Å²) in [6.45, 7) is 2.59. The molecule has 6 nitrogen and oxygen atoms in total. The molecule has 0 bridgehead atoms. The highest BCUT2D eigenvalue weighted by Gasteiger charge is 2.22. The lowest BCUT2D eigenvalue weighted by Crippen LogP contribution is -2.37. The van der Waals surface area contributed by atoms with Crippen molar-refractivity contribution >= 4 is 22.9 Å². The van der Waals surface area contributed by atoms with Gasteiger partial charge in [-0.2, -0.15) is 0 Å². The molecule has 1 aromatic carbocycles. The second-order valence-electron chi connectivity index (χ2n) is 6.50. The average Bonchev–Trinajstić information content (AvgIpc) is 3.35. The Hall–Kier alpha value is -2.09. The molecule has 1 fully saturated rings. The van der Waals surface area contributed by atoms with Gasteiger partial charge in [-0.1, -0.05) is 6.07 Å². The zero-order valence-corrected chi connectivity index (χ0v) is 16.6. The van der Waals surface area contributed by atoms with Crippen LogP contribution in [0.2, 0.25) is 0 Å². The number of carbonyl (C=O) groups excluding carboxylic acids is 1. The van der Waals surface area contributed by atoms with Crippen molar-refractivity contribution in [3.8, 4) is 11.5 Å². The smallest absolute Gasteiger partial charge is 0.238 e. The fourth-order valence-corrected chi connectivity index (χ4v) is 3.93. The molecule has 7 heteroatoms. The van der Waals surface area contributed by atoms with Crippen LogP contribution in [-0.2, 0) is 16.1 Å². The molecule has 1 aliphatic rings. The number of nitrogens with zero attached hydrogens (tertiary/aromatic N) is 1. The van der Waals surface area contributed by atoms with Crippen molar-refractivity contribution < 1.29 is 19.0 Å². The topological polar surface area (TPSA) is 60.0 Å². The summed E-state index contributed by atoms with van der Waals surface area (Å²) in [5.74, 6) is 1.19. The van der Waals surface area contributed by atoms with Crippen LogP contribution in [0.5, 0.6) is 11.5 Å². The van der Waals surface area contributed by atoms with Crippen LogP contribution in [0.1, 0.15) is 17.7 Å². The number of hydrogen-bond acceptors (Lipinski definition) is 6. The lowest BCUT2D eigenvalue weighted by molar-refractivity contribution is -0.117. The standard InChI is InChI=1S/C20H26N2O4S/c1-24-15-7-8-19(25-2)18(11-15)21-20(23)14-22(12-16-5-3-9-26-16)13-17-6-4-10-27-17/h4,6-8,10-11,16H,3,5,9,12-14H2,1-2H3,(H,21,23)/t16-/m0/s1. The molecule has 3 rings (SSSR count). The third kappa shape index (κ3) is 5.69. The fourth-order valence-electron chi connectivity index (χ4n) is 3.19. The summed E-state index contributed by atoms with van der Waals surface area (Å²) in [4.78, 5) is 16.1. The van der Waals surface area contributed by atoms with Crippen molar-refractivity contribution in [2.24, 2.45) is 0 Å². The Morgan fingerprint density at radius 2 is 2.22 bits per heavy atom. The Labute approximate surface area is 164 Å². The highest BCUT2D eigenvalue weighted by Crippen LogP contribution is 2.29. The van der Waals surface area contributed by atoms with E-state index < -0.39 is 0 Å². The minimum atomic E-state index is -0.0869. The highest BCUT2D eigenvalue weighted by molar-refractivity contribution is 7.09. The summed E-state index contributed by atoms with van der Waals surface area (Å²) in [7, 11) is 3.18. The van der Waals surface area contributed by atoms with Gasteiger partial charge < -0.3 is 19.5 Å². The van der Waals surface area contributed by atoms with Crippen LogP contribution >= 0.6 is 11.3 Å². The van der Waals surface area contributed by atoms with Gasteiger partial charge in [-0.3, -0.25) is 9.69 Å². The van der Waals surface area contributed by atoms with E-state index in [1.807, 2.05) is 6.07 Å². The summed E-state index contributed by atoms with van der Waals surface area (Å²) in [6.07, 6.45) is 2.33. The maximum atomic E-state index is 12.7. The molecule has 1 aliphatic heterocycles. The molecule has 1 atom stereocenters. The summed E-state index contributed by atoms with van der Waals surface area (Å²) < 4.78 is 16.3. The number of rotatable bonds is 9. The van der Waals surface area contributed by atoms with Gasteiger partial charge in [0.2, 0.25) is 5.91 Å². The number of methoxy groups -OCH3 is 2. The van der Waals surface area contributed by atoms with Crippen LogP contribution in [0.3, 0.4) is 0 Å². The molecule has 1 N–H and O–H groups in total. The van der Waals surface area contributed by atoms with Crippen LogP contribution in [0.15, 0.2) is 35.7 Å². The molecule has 1 saturated heterocycles. The van der Waals surface area contributed by atoms with Gasteiger partial charge in [0, 0.05) is 30.6 Å². The fraction of sp³-hybridized carbons (Fsp3) is 0.450. The van der Waals surface area contributed by atoms with Gasteiger partial charge in [0.15, 0.2) is 0 Å². The molecule has 2 aromatic rings. The maximum absolute atomic E-state index is 12.7. The van der Waals surface area contributed by atoms with E-state index in [1.54, 1.807) is 43.8 Å². The van der Waals surface area contributed by atoms with Crippen molar-refractivity contribution in [1.29, 1.82) is 0 Å². The zero-order chi connectivity index (χ0) is 19.1. The number of amides is 1. The van der Waals surface area contributed by atoms with E-state index in [2.05, 4.69) is 21.7 Å². The van der Waals surface area contributed by atoms with Crippen molar-refractivity contribution in [3.63, 3.8) is 0 Å². The number of anilines is 1. The van der Waals surface area contributed by atoms with E-state index >= 15 is 0 Å². The van der Waals surface area contributed by atoms with Gasteiger partial charge in [-0.15, -0.1) is 11.3 Å². The van der Waals surface area contributed by atoms with Gasteiger partial charge in [-0.25, -0.2) is 0 Å². The van der Waals surface area contributed by atoms with E-state index in [0.29, 0.717) is 17.2 Å². The van der Waals surface area contributed by atoms with Crippen LogP contribution in [0, 0.1) is 0 Å². The molecule has 0 saturated carbocycles. The Kier molecular flexibility index (Phi) is 7.09. The molecular weight excluding hydrogens is 364 g/mol. The number of thiophene rings is 1. The number of benzene rings is 1. The number of carbonyl (C=O) groups is 1. The number of ether oxygens (including phenoxy) is 3. The lowest BCUT2D eigenvalue weighted by Gasteiger charge is -2.24.